The first-order valence-corrected chi connectivity index (χ1v) is 10.7. The molecule has 1 aliphatic heterocycles. The molecule has 1 atom stereocenters. The van der Waals surface area contributed by atoms with Crippen molar-refractivity contribution in [3.8, 4) is 5.82 Å². The lowest BCUT2D eigenvalue weighted by Crippen LogP contribution is -2.41. The van der Waals surface area contributed by atoms with Gasteiger partial charge in [0.15, 0.2) is 16.8 Å². The highest BCUT2D eigenvalue weighted by Crippen LogP contribution is 2.29. The van der Waals surface area contributed by atoms with Gasteiger partial charge in [-0.15, -0.1) is 10.2 Å². The van der Waals surface area contributed by atoms with Gasteiger partial charge in [-0.3, -0.25) is 4.79 Å². The average Bonchev–Trinajstić information content (AvgIpc) is 3.43. The first-order chi connectivity index (χ1) is 14.7. The number of carbonyl (C=O) groups is 1. The predicted octanol–water partition coefficient (Wildman–Crippen LogP) is 3.18. The van der Waals surface area contributed by atoms with Crippen LogP contribution in [0.4, 0.5) is 10.9 Å². The van der Waals surface area contributed by atoms with Crippen molar-refractivity contribution in [3.63, 3.8) is 0 Å². The molecule has 0 aliphatic carbocycles. The molecule has 9 nitrogen and oxygen atoms in total. The number of thiazole rings is 1. The molecule has 4 heterocycles. The fourth-order valence-electron chi connectivity index (χ4n) is 3.49. The van der Waals surface area contributed by atoms with E-state index in [1.165, 1.54) is 17.7 Å². The first kappa shape index (κ1) is 18.9. The van der Waals surface area contributed by atoms with Crippen molar-refractivity contribution in [1.29, 1.82) is 0 Å². The number of piperidine rings is 1. The van der Waals surface area contributed by atoms with Gasteiger partial charge in [0.2, 0.25) is 5.91 Å². The van der Waals surface area contributed by atoms with Crippen LogP contribution in [0.1, 0.15) is 12.8 Å². The van der Waals surface area contributed by atoms with Crippen LogP contribution in [0.5, 0.6) is 0 Å². The minimum Gasteiger partial charge on any atom is -0.354 e. The van der Waals surface area contributed by atoms with Gasteiger partial charge in [-0.25, -0.2) is 14.6 Å². The summed E-state index contributed by atoms with van der Waals surface area (Å²) in [6, 6.07) is 9.24. The van der Waals surface area contributed by atoms with E-state index in [-0.39, 0.29) is 11.8 Å². The van der Waals surface area contributed by atoms with Gasteiger partial charge in [0, 0.05) is 18.1 Å². The van der Waals surface area contributed by atoms with Gasteiger partial charge in [0.25, 0.3) is 0 Å². The maximum absolute atomic E-state index is 12.8. The molecule has 0 radical (unpaired) electrons. The number of nitrogens with one attached hydrogen (secondary N) is 1. The summed E-state index contributed by atoms with van der Waals surface area (Å²) in [5.41, 5.74) is 0.827. The lowest BCUT2D eigenvalue weighted by molar-refractivity contribution is -0.120. The molecule has 3 aromatic heterocycles. The Bertz CT molecular complexity index is 1180. The molecule has 1 aliphatic rings. The summed E-state index contributed by atoms with van der Waals surface area (Å²) < 4.78 is 2.50. The maximum atomic E-state index is 12.8. The number of nitrogens with zero attached hydrogens (tertiary/aromatic N) is 7. The SMILES string of the molecule is O=C(Nc1nc2ccc(Cl)cc2s1)C1CCCN(c2ccc(-n3cncn3)nn2)C1. The van der Waals surface area contributed by atoms with Crippen LogP contribution in [0.25, 0.3) is 16.0 Å². The van der Waals surface area contributed by atoms with E-state index >= 15 is 0 Å². The molecule has 4 aromatic rings. The van der Waals surface area contributed by atoms with Gasteiger partial charge in [-0.2, -0.15) is 5.10 Å². The van der Waals surface area contributed by atoms with E-state index in [0.717, 1.165) is 35.4 Å². The molecule has 1 unspecified atom stereocenters. The molecule has 0 spiro atoms. The fraction of sp³-hybridized carbons (Fsp3) is 0.263. The molecule has 0 bridgehead atoms. The lowest BCUT2D eigenvalue weighted by Gasteiger charge is -2.32. The van der Waals surface area contributed by atoms with Crippen LogP contribution >= 0.6 is 22.9 Å². The Morgan fingerprint density at radius 2 is 2.07 bits per heavy atom. The van der Waals surface area contributed by atoms with Gasteiger partial charge in [0.1, 0.15) is 12.7 Å². The standard InChI is InChI=1S/C19H17ClN8OS/c20-13-3-4-14-15(8-13)30-19(23-14)24-18(29)12-2-1-7-27(9-12)16-5-6-17(26-25-16)28-11-21-10-22-28/h3-6,8,10-12H,1-2,7,9H2,(H,23,24,29). The van der Waals surface area contributed by atoms with E-state index in [1.54, 1.807) is 17.1 Å². The Kier molecular flexibility index (Phi) is 5.01. The molecular weight excluding hydrogens is 424 g/mol. The Hall–Kier alpha value is -3.11. The number of fused-ring (bicyclic) bond motifs is 1. The Morgan fingerprint density at radius 3 is 2.87 bits per heavy atom. The summed E-state index contributed by atoms with van der Waals surface area (Å²) in [4.78, 5) is 23.3. The molecule has 0 saturated carbocycles. The van der Waals surface area contributed by atoms with Gasteiger partial charge in [-0.1, -0.05) is 22.9 Å². The lowest BCUT2D eigenvalue weighted by atomic mass is 9.97. The fourth-order valence-corrected chi connectivity index (χ4v) is 4.64. The summed E-state index contributed by atoms with van der Waals surface area (Å²) in [6.07, 6.45) is 4.74. The van der Waals surface area contributed by atoms with Gasteiger partial charge in [0.05, 0.1) is 16.1 Å². The number of amides is 1. The number of halogens is 1. The second kappa shape index (κ2) is 7.96. The third kappa shape index (κ3) is 3.83. The number of benzene rings is 1. The predicted molar refractivity (Wildman–Crippen MR) is 115 cm³/mol. The minimum atomic E-state index is -0.147. The average molecular weight is 441 g/mol. The Labute approximate surface area is 180 Å². The normalized spacial score (nSPS) is 16.7. The Morgan fingerprint density at radius 1 is 1.20 bits per heavy atom. The smallest absolute Gasteiger partial charge is 0.231 e. The van der Waals surface area contributed by atoms with E-state index < -0.39 is 0 Å². The number of hydrogen-bond acceptors (Lipinski definition) is 8. The van der Waals surface area contributed by atoms with Crippen LogP contribution in [0.3, 0.4) is 0 Å². The van der Waals surface area contributed by atoms with Gasteiger partial charge < -0.3 is 10.2 Å². The zero-order valence-corrected chi connectivity index (χ0v) is 17.3. The second-order valence-electron chi connectivity index (χ2n) is 7.00. The van der Waals surface area contributed by atoms with Crippen LogP contribution in [-0.4, -0.2) is 48.9 Å². The van der Waals surface area contributed by atoms with Gasteiger partial charge >= 0.3 is 0 Å². The zero-order valence-electron chi connectivity index (χ0n) is 15.8. The number of anilines is 2. The quantitative estimate of drug-likeness (QED) is 0.520. The van der Waals surface area contributed by atoms with E-state index in [1.807, 2.05) is 24.3 Å². The molecule has 11 heteroatoms. The summed E-state index contributed by atoms with van der Waals surface area (Å²) in [5, 5.41) is 16.8. The van der Waals surface area contributed by atoms with E-state index in [9.17, 15) is 4.79 Å². The third-order valence-corrected chi connectivity index (χ3v) is 6.16. The summed E-state index contributed by atoms with van der Waals surface area (Å²) in [5.74, 6) is 1.16. The second-order valence-corrected chi connectivity index (χ2v) is 8.46. The third-order valence-electron chi connectivity index (χ3n) is 4.99. The van der Waals surface area contributed by atoms with Crippen LogP contribution in [-0.2, 0) is 4.79 Å². The molecule has 152 valence electrons. The highest BCUT2D eigenvalue weighted by Gasteiger charge is 2.27. The molecule has 5 rings (SSSR count). The van der Waals surface area contributed by atoms with E-state index in [4.69, 9.17) is 11.6 Å². The number of carbonyl (C=O) groups excluding carboxylic acids is 1. The molecule has 30 heavy (non-hydrogen) atoms. The number of aromatic nitrogens is 6. The topological polar surface area (TPSA) is 102 Å². The van der Waals surface area contributed by atoms with Crippen molar-refractivity contribution in [3.05, 3.63) is 48.0 Å². The largest absolute Gasteiger partial charge is 0.354 e. The van der Waals surface area contributed by atoms with Crippen molar-refractivity contribution < 1.29 is 4.79 Å². The maximum Gasteiger partial charge on any atom is 0.231 e. The minimum absolute atomic E-state index is 0.0305. The Balaban J connectivity index is 1.26. The monoisotopic (exact) mass is 440 g/mol. The number of hydrogen-bond donors (Lipinski definition) is 1. The van der Waals surface area contributed by atoms with Gasteiger partial charge in [-0.05, 0) is 43.2 Å². The highest BCUT2D eigenvalue weighted by molar-refractivity contribution is 7.22. The zero-order chi connectivity index (χ0) is 20.5. The highest BCUT2D eigenvalue weighted by atomic mass is 35.5. The van der Waals surface area contributed by atoms with Crippen LogP contribution in [0, 0.1) is 5.92 Å². The van der Waals surface area contributed by atoms with Crippen molar-refractivity contribution >= 4 is 50.0 Å². The summed E-state index contributed by atoms with van der Waals surface area (Å²) >= 11 is 7.46. The van der Waals surface area contributed by atoms with Crippen LogP contribution < -0.4 is 10.2 Å². The van der Waals surface area contributed by atoms with Crippen molar-refractivity contribution in [2.24, 2.45) is 5.92 Å². The van der Waals surface area contributed by atoms with Crippen molar-refractivity contribution in [1.82, 2.24) is 29.9 Å². The van der Waals surface area contributed by atoms with Crippen LogP contribution in [0.15, 0.2) is 43.0 Å². The van der Waals surface area contributed by atoms with Crippen molar-refractivity contribution in [2.45, 2.75) is 12.8 Å². The molecule has 1 amide bonds. The number of rotatable bonds is 4. The molecule has 1 aromatic carbocycles. The first-order valence-electron chi connectivity index (χ1n) is 9.46. The van der Waals surface area contributed by atoms with Crippen molar-refractivity contribution in [2.75, 3.05) is 23.3 Å². The molecule has 1 N–H and O–H groups in total. The molecule has 1 saturated heterocycles. The summed E-state index contributed by atoms with van der Waals surface area (Å²) in [6.45, 7) is 1.42. The van der Waals surface area contributed by atoms with Crippen LogP contribution in [0.2, 0.25) is 5.02 Å². The molecular formula is C19H17ClN8OS. The van der Waals surface area contributed by atoms with E-state index in [0.29, 0.717) is 22.5 Å². The van der Waals surface area contributed by atoms with E-state index in [2.05, 4.69) is 35.5 Å². The summed E-state index contributed by atoms with van der Waals surface area (Å²) in [7, 11) is 0. The molecule has 1 fully saturated rings.